The van der Waals surface area contributed by atoms with Crippen molar-refractivity contribution in [1.82, 2.24) is 4.98 Å². The SMILES string of the molecule is COc1cccc(/C(O)=C2\C(=O)C(=O)N(c3ccc(C)c(Cl)c3)C2c2ccncc2)c1. The van der Waals surface area contributed by atoms with Crippen LogP contribution in [0, 0.1) is 6.92 Å². The lowest BCUT2D eigenvalue weighted by molar-refractivity contribution is -0.132. The first kappa shape index (κ1) is 20.6. The molecule has 0 aliphatic carbocycles. The molecule has 4 rings (SSSR count). The third-order valence-corrected chi connectivity index (χ3v) is 5.65. The highest BCUT2D eigenvalue weighted by atomic mass is 35.5. The standard InChI is InChI=1S/C24H19ClN2O4/c1-14-6-7-17(13-19(14)25)27-21(15-8-10-26-11-9-15)20(23(29)24(27)30)22(28)16-4-3-5-18(12-16)31-2/h3-13,21,28H,1-2H3/b22-20+. The molecule has 156 valence electrons. The minimum Gasteiger partial charge on any atom is -0.507 e. The molecule has 0 radical (unpaired) electrons. The van der Waals surface area contributed by atoms with Crippen molar-refractivity contribution in [3.05, 3.63) is 94.3 Å². The van der Waals surface area contributed by atoms with E-state index < -0.39 is 17.7 Å². The molecular formula is C24H19ClN2O4. The van der Waals surface area contributed by atoms with E-state index in [0.717, 1.165) is 5.56 Å². The molecule has 2 heterocycles. The van der Waals surface area contributed by atoms with Gasteiger partial charge < -0.3 is 9.84 Å². The van der Waals surface area contributed by atoms with E-state index in [1.54, 1.807) is 67.0 Å². The van der Waals surface area contributed by atoms with Crippen LogP contribution in [-0.4, -0.2) is 28.9 Å². The van der Waals surface area contributed by atoms with E-state index in [2.05, 4.69) is 4.98 Å². The van der Waals surface area contributed by atoms with Crippen LogP contribution in [0.4, 0.5) is 5.69 Å². The third kappa shape index (κ3) is 3.66. The van der Waals surface area contributed by atoms with Gasteiger partial charge in [-0.15, -0.1) is 0 Å². The largest absolute Gasteiger partial charge is 0.507 e. The summed E-state index contributed by atoms with van der Waals surface area (Å²) >= 11 is 6.29. The number of rotatable bonds is 4. The molecule has 3 aromatic rings. The summed E-state index contributed by atoms with van der Waals surface area (Å²) in [5.41, 5.74) is 2.30. The van der Waals surface area contributed by atoms with E-state index in [1.165, 1.54) is 12.0 Å². The predicted octanol–water partition coefficient (Wildman–Crippen LogP) is 4.68. The molecule has 1 saturated heterocycles. The van der Waals surface area contributed by atoms with Crippen LogP contribution >= 0.6 is 11.6 Å². The molecule has 1 unspecified atom stereocenters. The fourth-order valence-electron chi connectivity index (χ4n) is 3.62. The van der Waals surface area contributed by atoms with Gasteiger partial charge in [0.15, 0.2) is 0 Å². The Kier molecular flexibility index (Phi) is 5.48. The van der Waals surface area contributed by atoms with Crippen molar-refractivity contribution in [2.75, 3.05) is 12.0 Å². The molecule has 7 heteroatoms. The smallest absolute Gasteiger partial charge is 0.300 e. The van der Waals surface area contributed by atoms with Crippen molar-refractivity contribution in [3.63, 3.8) is 0 Å². The predicted molar refractivity (Wildman–Crippen MR) is 118 cm³/mol. The lowest BCUT2D eigenvalue weighted by atomic mass is 9.95. The zero-order chi connectivity index (χ0) is 22.1. The second-order valence-electron chi connectivity index (χ2n) is 7.12. The van der Waals surface area contributed by atoms with Crippen LogP contribution in [0.3, 0.4) is 0 Å². The first-order valence-corrected chi connectivity index (χ1v) is 9.91. The van der Waals surface area contributed by atoms with Crippen LogP contribution in [-0.2, 0) is 9.59 Å². The fourth-order valence-corrected chi connectivity index (χ4v) is 3.79. The van der Waals surface area contributed by atoms with Crippen molar-refractivity contribution in [2.45, 2.75) is 13.0 Å². The molecule has 6 nitrogen and oxygen atoms in total. The summed E-state index contributed by atoms with van der Waals surface area (Å²) in [5.74, 6) is -1.28. The number of aliphatic hydroxyl groups excluding tert-OH is 1. The summed E-state index contributed by atoms with van der Waals surface area (Å²) < 4.78 is 5.22. The number of benzene rings is 2. The molecule has 1 N–H and O–H groups in total. The van der Waals surface area contributed by atoms with Crippen LogP contribution in [0.2, 0.25) is 5.02 Å². The number of nitrogens with zero attached hydrogens (tertiary/aromatic N) is 2. The van der Waals surface area contributed by atoms with E-state index in [1.807, 2.05) is 6.92 Å². The second kappa shape index (κ2) is 8.24. The van der Waals surface area contributed by atoms with E-state index in [9.17, 15) is 14.7 Å². The molecule has 1 fully saturated rings. The normalized spacial score (nSPS) is 17.8. The number of ether oxygens (including phenoxy) is 1. The number of ketones is 1. The number of methoxy groups -OCH3 is 1. The van der Waals surface area contributed by atoms with Gasteiger partial charge in [-0.1, -0.05) is 29.8 Å². The highest BCUT2D eigenvalue weighted by Gasteiger charge is 2.47. The Balaban J connectivity index is 1.94. The van der Waals surface area contributed by atoms with Gasteiger partial charge in [0.25, 0.3) is 11.7 Å². The van der Waals surface area contributed by atoms with Crippen molar-refractivity contribution in [1.29, 1.82) is 0 Å². The maximum atomic E-state index is 13.1. The van der Waals surface area contributed by atoms with Gasteiger partial charge in [-0.05, 0) is 54.4 Å². The number of aliphatic hydroxyl groups is 1. The first-order valence-electron chi connectivity index (χ1n) is 9.54. The molecule has 0 bridgehead atoms. The van der Waals surface area contributed by atoms with Crippen LogP contribution in [0.15, 0.2) is 72.6 Å². The number of pyridine rings is 1. The lowest BCUT2D eigenvalue weighted by Gasteiger charge is -2.25. The average molecular weight is 435 g/mol. The van der Waals surface area contributed by atoms with Crippen molar-refractivity contribution in [2.24, 2.45) is 0 Å². The second-order valence-corrected chi connectivity index (χ2v) is 7.52. The van der Waals surface area contributed by atoms with Gasteiger partial charge in [-0.2, -0.15) is 0 Å². The van der Waals surface area contributed by atoms with Crippen molar-refractivity contribution < 1.29 is 19.4 Å². The summed E-state index contributed by atoms with van der Waals surface area (Å²) in [7, 11) is 1.51. The first-order chi connectivity index (χ1) is 14.9. The number of hydrogen-bond donors (Lipinski definition) is 1. The van der Waals surface area contributed by atoms with Gasteiger partial charge in [0.05, 0.1) is 18.7 Å². The molecule has 1 aromatic heterocycles. The molecule has 1 amide bonds. The number of amides is 1. The van der Waals surface area contributed by atoms with Gasteiger partial charge in [0.2, 0.25) is 0 Å². The number of aryl methyl sites for hydroxylation is 1. The van der Waals surface area contributed by atoms with Gasteiger partial charge >= 0.3 is 0 Å². The fraction of sp³-hybridized carbons (Fsp3) is 0.125. The Labute approximate surface area is 184 Å². The summed E-state index contributed by atoms with van der Waals surface area (Å²) in [4.78, 5) is 31.6. The number of carbonyl (C=O) groups is 2. The minimum absolute atomic E-state index is 0.0128. The average Bonchev–Trinajstić information content (AvgIpc) is 3.06. The summed E-state index contributed by atoms with van der Waals surface area (Å²) in [5, 5.41) is 11.6. The van der Waals surface area contributed by atoms with Crippen LogP contribution < -0.4 is 9.64 Å². The molecule has 0 saturated carbocycles. The zero-order valence-electron chi connectivity index (χ0n) is 16.9. The molecule has 1 aliphatic heterocycles. The number of anilines is 1. The molecule has 2 aromatic carbocycles. The van der Waals surface area contributed by atoms with E-state index in [4.69, 9.17) is 16.3 Å². The molecule has 0 spiro atoms. The summed E-state index contributed by atoms with van der Waals surface area (Å²) in [6, 6.07) is 14.4. The molecule has 1 atom stereocenters. The van der Waals surface area contributed by atoms with Crippen LogP contribution in [0.1, 0.15) is 22.7 Å². The Bertz CT molecular complexity index is 1210. The molecule has 1 aliphatic rings. The maximum absolute atomic E-state index is 13.1. The Morgan fingerprint density at radius 1 is 1.10 bits per heavy atom. The number of hydrogen-bond acceptors (Lipinski definition) is 5. The molecular weight excluding hydrogens is 416 g/mol. The highest BCUT2D eigenvalue weighted by Crippen LogP contribution is 2.42. The Morgan fingerprint density at radius 3 is 2.52 bits per heavy atom. The van der Waals surface area contributed by atoms with Crippen LogP contribution in [0.5, 0.6) is 5.75 Å². The number of Topliss-reactive ketones (excluding diaryl/α,β-unsaturated/α-hetero) is 1. The quantitative estimate of drug-likeness (QED) is 0.366. The summed E-state index contributed by atoms with van der Waals surface area (Å²) in [6.45, 7) is 1.85. The number of carbonyl (C=O) groups excluding carboxylic acids is 2. The highest BCUT2D eigenvalue weighted by molar-refractivity contribution is 6.51. The maximum Gasteiger partial charge on any atom is 0.300 e. The van der Waals surface area contributed by atoms with Gasteiger partial charge in [-0.25, -0.2) is 0 Å². The molecule has 31 heavy (non-hydrogen) atoms. The van der Waals surface area contributed by atoms with Crippen molar-refractivity contribution >= 4 is 34.7 Å². The van der Waals surface area contributed by atoms with E-state index >= 15 is 0 Å². The topological polar surface area (TPSA) is 79.7 Å². The third-order valence-electron chi connectivity index (χ3n) is 5.24. The number of halogens is 1. The Hall–Kier alpha value is -3.64. The van der Waals surface area contributed by atoms with Gasteiger partial charge in [0.1, 0.15) is 11.5 Å². The zero-order valence-corrected chi connectivity index (χ0v) is 17.6. The number of aromatic nitrogens is 1. The van der Waals surface area contributed by atoms with E-state index in [0.29, 0.717) is 27.6 Å². The minimum atomic E-state index is -0.840. The van der Waals surface area contributed by atoms with E-state index in [-0.39, 0.29) is 11.3 Å². The van der Waals surface area contributed by atoms with Crippen LogP contribution in [0.25, 0.3) is 5.76 Å². The Morgan fingerprint density at radius 2 is 1.84 bits per heavy atom. The van der Waals surface area contributed by atoms with Crippen molar-refractivity contribution in [3.8, 4) is 5.75 Å². The van der Waals surface area contributed by atoms with Gasteiger partial charge in [0, 0.05) is 28.7 Å². The summed E-state index contributed by atoms with van der Waals surface area (Å²) in [6.07, 6.45) is 3.15. The lowest BCUT2D eigenvalue weighted by Crippen LogP contribution is -2.29. The monoisotopic (exact) mass is 434 g/mol. The van der Waals surface area contributed by atoms with Gasteiger partial charge in [-0.3, -0.25) is 19.5 Å².